The molecule has 0 fully saturated rings. The molecule has 0 rings (SSSR count). The molecule has 0 atom stereocenters. The molecule has 0 saturated heterocycles. The third kappa shape index (κ3) is 34.6. The Morgan fingerprint density at radius 3 is 0.826 bits per heavy atom. The molecule has 0 heterocycles. The summed E-state index contributed by atoms with van der Waals surface area (Å²) in [6.07, 6.45) is 48.9. The Morgan fingerprint density at radius 1 is 0.348 bits per heavy atom. The first-order valence-corrected chi connectivity index (χ1v) is 23.9. The van der Waals surface area contributed by atoms with Crippen LogP contribution >= 0.6 is 7.49 Å². The van der Waals surface area contributed by atoms with Crippen LogP contribution in [0.15, 0.2) is 0 Å². The molecule has 2 radical (unpaired) electrons. The number of hydrogen-bond donors (Lipinski definition) is 0. The van der Waals surface area contributed by atoms with Crippen LogP contribution in [0.25, 0.3) is 0 Å². The van der Waals surface area contributed by atoms with Crippen molar-refractivity contribution in [1.29, 1.82) is 0 Å². The van der Waals surface area contributed by atoms with Crippen molar-refractivity contribution < 1.29 is 9.32 Å². The fourth-order valence-corrected chi connectivity index (χ4v) is 11.5. The first-order valence-electron chi connectivity index (χ1n) is 21.4. The zero-order valence-corrected chi connectivity index (χ0v) is 37.7. The van der Waals surface area contributed by atoms with E-state index in [2.05, 4.69) is 27.7 Å². The second kappa shape index (κ2) is 40.1. The molecule has 4 heteroatoms. The summed E-state index contributed by atoms with van der Waals surface area (Å²) in [5, 5.41) is 0. The van der Waals surface area contributed by atoms with E-state index < -0.39 is 7.49 Å². The molecule has 0 aliphatic rings. The number of hydrogen-bond acceptors (Lipinski definition) is 2. The molecular formula is C42H89O2PSn. The summed E-state index contributed by atoms with van der Waals surface area (Å²) in [6.45, 7) is 9.21. The van der Waals surface area contributed by atoms with Gasteiger partial charge in [0.05, 0.1) is 0 Å². The van der Waals surface area contributed by atoms with Crippen LogP contribution in [0.4, 0.5) is 0 Å². The Bertz CT molecular complexity index is 543. The molecule has 0 aromatic carbocycles. The first kappa shape index (κ1) is 48.8. The molecular weight excluding hydrogens is 686 g/mol. The predicted octanol–water partition coefficient (Wildman–Crippen LogP) is 14.6. The van der Waals surface area contributed by atoms with Gasteiger partial charge >= 0.3 is 266 Å². The summed E-state index contributed by atoms with van der Waals surface area (Å²) in [5.74, 6) is 0.166. The first-order chi connectivity index (χ1) is 22.1. The van der Waals surface area contributed by atoms with Gasteiger partial charge < -0.3 is 0 Å². The van der Waals surface area contributed by atoms with Crippen LogP contribution in [0.1, 0.15) is 246 Å². The standard InChI is InChI=1S/C42H87O2P.Sn.2H/c1-5-9-13-17-21-22-23-24-25-26-27-28-29-30-34-38-42(43)44-45(39-35-31-18-14-10-6-2,40-36-32-19-15-11-7-3)41-37-33-20-16-12-8-4;;;/h45H,5-41H2,1-4H3;;;. The molecule has 0 aromatic rings. The van der Waals surface area contributed by atoms with Crippen molar-refractivity contribution in [1.82, 2.24) is 0 Å². The zero-order valence-electron chi connectivity index (χ0n) is 32.7. The van der Waals surface area contributed by atoms with Gasteiger partial charge in [-0.25, -0.2) is 0 Å². The molecule has 0 N–H and O–H groups in total. The van der Waals surface area contributed by atoms with Crippen molar-refractivity contribution in [3.8, 4) is 0 Å². The van der Waals surface area contributed by atoms with Crippen LogP contribution in [-0.2, 0) is 9.32 Å². The van der Waals surface area contributed by atoms with E-state index in [1.54, 1.807) is 0 Å². The summed E-state index contributed by atoms with van der Waals surface area (Å²) in [4.78, 5) is 13.3. The average molecular weight is 776 g/mol. The van der Waals surface area contributed by atoms with Crippen molar-refractivity contribution in [2.45, 2.75) is 246 Å². The molecule has 0 bridgehead atoms. The van der Waals surface area contributed by atoms with Gasteiger partial charge in [-0.1, -0.05) is 45.4 Å². The Kier molecular flexibility index (Phi) is 42.6. The summed E-state index contributed by atoms with van der Waals surface area (Å²) in [5.41, 5.74) is 0. The third-order valence-corrected chi connectivity index (χ3v) is 14.7. The van der Waals surface area contributed by atoms with Gasteiger partial charge in [-0.2, -0.15) is 0 Å². The number of carbonyl (C=O) groups excluding carboxylic acids is 1. The number of rotatable bonds is 38. The maximum atomic E-state index is 13.3. The van der Waals surface area contributed by atoms with Crippen molar-refractivity contribution in [3.05, 3.63) is 0 Å². The van der Waals surface area contributed by atoms with Crippen molar-refractivity contribution in [2.24, 2.45) is 0 Å². The van der Waals surface area contributed by atoms with E-state index >= 15 is 0 Å². The minimum absolute atomic E-state index is 0. The van der Waals surface area contributed by atoms with E-state index in [0.717, 1.165) is 6.42 Å². The quantitative estimate of drug-likeness (QED) is 0.0355. The fraction of sp³-hybridized carbons (Fsp3) is 0.976. The van der Waals surface area contributed by atoms with Gasteiger partial charge in [-0.15, -0.1) is 0 Å². The van der Waals surface area contributed by atoms with Crippen molar-refractivity contribution >= 4 is 37.4 Å². The van der Waals surface area contributed by atoms with Crippen molar-refractivity contribution in [2.75, 3.05) is 18.5 Å². The summed E-state index contributed by atoms with van der Waals surface area (Å²) < 4.78 is 6.74. The molecule has 0 saturated carbocycles. The Balaban J connectivity index is 0. The van der Waals surface area contributed by atoms with Gasteiger partial charge in [0.15, 0.2) is 0 Å². The Morgan fingerprint density at radius 2 is 0.565 bits per heavy atom. The van der Waals surface area contributed by atoms with Gasteiger partial charge in [-0.3, -0.25) is 0 Å². The summed E-state index contributed by atoms with van der Waals surface area (Å²) >= 11 is 0. The van der Waals surface area contributed by atoms with Gasteiger partial charge in [-0.05, 0) is 0 Å². The Hall–Kier alpha value is 0.699. The molecule has 278 valence electrons. The topological polar surface area (TPSA) is 26.3 Å². The number of unbranched alkanes of at least 4 members (excludes halogenated alkanes) is 29. The SMILES string of the molecule is CCCCCCCCCCCCCCCCCC(=O)O[PH](CCCCCCCC)(CCCCCCCC)CCCCCCCC.[SnH2]. The second-order valence-electron chi connectivity index (χ2n) is 14.9. The molecule has 0 unspecified atom stereocenters. The predicted molar refractivity (Wildman–Crippen MR) is 217 cm³/mol. The van der Waals surface area contributed by atoms with Crippen LogP contribution in [0.2, 0.25) is 0 Å². The van der Waals surface area contributed by atoms with E-state index in [1.165, 1.54) is 224 Å². The maximum absolute atomic E-state index is 13.3. The van der Waals surface area contributed by atoms with E-state index in [-0.39, 0.29) is 29.9 Å². The molecule has 46 heavy (non-hydrogen) atoms. The molecule has 2 nitrogen and oxygen atoms in total. The molecule has 0 aliphatic carbocycles. The second-order valence-corrected chi connectivity index (χ2v) is 19.0. The van der Waals surface area contributed by atoms with E-state index in [0.29, 0.717) is 6.42 Å². The van der Waals surface area contributed by atoms with Crippen LogP contribution in [0.3, 0.4) is 0 Å². The van der Waals surface area contributed by atoms with Crippen LogP contribution < -0.4 is 0 Å². The van der Waals surface area contributed by atoms with Crippen LogP contribution in [-0.4, -0.2) is 48.4 Å². The molecule has 0 spiro atoms. The fourth-order valence-electron chi connectivity index (χ4n) is 7.14. The number of carbonyl (C=O) groups is 1. The average Bonchev–Trinajstić information content (AvgIpc) is 3.04. The van der Waals surface area contributed by atoms with Crippen LogP contribution in [0.5, 0.6) is 0 Å². The molecule has 0 aromatic heterocycles. The minimum atomic E-state index is -2.02. The third-order valence-electron chi connectivity index (χ3n) is 10.3. The summed E-state index contributed by atoms with van der Waals surface area (Å²) in [7, 11) is -2.02. The van der Waals surface area contributed by atoms with Crippen LogP contribution in [0, 0.1) is 0 Å². The normalized spacial score (nSPS) is 11.9. The molecule has 0 aliphatic heterocycles. The van der Waals surface area contributed by atoms with E-state index in [1.807, 2.05) is 0 Å². The molecule has 0 amide bonds. The Labute approximate surface area is 309 Å². The van der Waals surface area contributed by atoms with Gasteiger partial charge in [0.1, 0.15) is 0 Å². The van der Waals surface area contributed by atoms with Crippen molar-refractivity contribution in [3.63, 3.8) is 0 Å². The van der Waals surface area contributed by atoms with Gasteiger partial charge in [0.2, 0.25) is 0 Å². The van der Waals surface area contributed by atoms with E-state index in [4.69, 9.17) is 4.52 Å². The van der Waals surface area contributed by atoms with Gasteiger partial charge in [0, 0.05) is 0 Å². The van der Waals surface area contributed by atoms with E-state index in [9.17, 15) is 4.79 Å². The summed E-state index contributed by atoms with van der Waals surface area (Å²) in [6, 6.07) is 0. The van der Waals surface area contributed by atoms with Gasteiger partial charge in [0.25, 0.3) is 0 Å². The zero-order chi connectivity index (χ0) is 32.9. The monoisotopic (exact) mass is 777 g/mol.